The summed E-state index contributed by atoms with van der Waals surface area (Å²) in [6.07, 6.45) is 7.14. The number of nitrogens with one attached hydrogen (secondary N) is 1. The van der Waals surface area contributed by atoms with Crippen LogP contribution in [0.5, 0.6) is 0 Å². The first kappa shape index (κ1) is 22.9. The number of rotatable bonds is 9. The second-order valence-electron chi connectivity index (χ2n) is 7.68. The van der Waals surface area contributed by atoms with E-state index in [9.17, 15) is 17.6 Å². The Morgan fingerprint density at radius 2 is 1.87 bits per heavy atom. The quantitative estimate of drug-likeness (QED) is 0.544. The van der Waals surface area contributed by atoms with Gasteiger partial charge >= 0.3 is 5.97 Å². The van der Waals surface area contributed by atoms with E-state index in [0.717, 1.165) is 54.0 Å². The first-order chi connectivity index (χ1) is 14.4. The highest BCUT2D eigenvalue weighted by Crippen LogP contribution is 2.38. The Hall–Kier alpha value is -1.77. The lowest BCUT2D eigenvalue weighted by Gasteiger charge is -2.30. The lowest BCUT2D eigenvalue weighted by Crippen LogP contribution is -2.34. The van der Waals surface area contributed by atoms with Crippen LogP contribution in [0.2, 0.25) is 0 Å². The number of carbonyl (C=O) groups excluding carboxylic acids is 1. The van der Waals surface area contributed by atoms with Gasteiger partial charge < -0.3 is 4.74 Å². The minimum Gasteiger partial charge on any atom is -0.469 e. The highest BCUT2D eigenvalue weighted by atomic mass is 32.2. The Labute approximate surface area is 181 Å². The van der Waals surface area contributed by atoms with E-state index < -0.39 is 15.8 Å². The SMILES string of the molecule is COC(=O)CCCc1ccc(C(NS(=O)(=O)c2ccc(F)cc2)C2CCCCC2)s1. The number of aryl methyl sites for hydroxylation is 1. The van der Waals surface area contributed by atoms with Gasteiger partial charge in [-0.05, 0) is 68.0 Å². The summed E-state index contributed by atoms with van der Waals surface area (Å²) >= 11 is 1.59. The maximum absolute atomic E-state index is 13.2. The number of ether oxygens (including phenoxy) is 1. The van der Waals surface area contributed by atoms with E-state index in [4.69, 9.17) is 0 Å². The average Bonchev–Trinajstić information content (AvgIpc) is 3.21. The van der Waals surface area contributed by atoms with E-state index in [2.05, 4.69) is 9.46 Å². The normalized spacial score (nSPS) is 16.3. The minimum atomic E-state index is -3.77. The molecule has 1 aromatic heterocycles. The maximum atomic E-state index is 13.2. The Bertz CT molecular complexity index is 934. The lowest BCUT2D eigenvalue weighted by atomic mass is 9.84. The lowest BCUT2D eigenvalue weighted by molar-refractivity contribution is -0.140. The second-order valence-corrected chi connectivity index (χ2v) is 10.6. The van der Waals surface area contributed by atoms with Crippen LogP contribution in [-0.2, 0) is 26.0 Å². The van der Waals surface area contributed by atoms with E-state index in [1.807, 2.05) is 12.1 Å². The molecule has 0 bridgehead atoms. The van der Waals surface area contributed by atoms with E-state index in [-0.39, 0.29) is 22.8 Å². The van der Waals surface area contributed by atoms with Crippen molar-refractivity contribution in [2.75, 3.05) is 7.11 Å². The van der Waals surface area contributed by atoms with Crippen LogP contribution in [0.4, 0.5) is 4.39 Å². The zero-order chi connectivity index (χ0) is 21.6. The number of thiophene rings is 1. The van der Waals surface area contributed by atoms with Crippen LogP contribution in [0.3, 0.4) is 0 Å². The van der Waals surface area contributed by atoms with Crippen molar-refractivity contribution in [2.45, 2.75) is 62.3 Å². The van der Waals surface area contributed by atoms with Crippen molar-refractivity contribution >= 4 is 27.3 Å². The summed E-state index contributed by atoms with van der Waals surface area (Å²) in [5.74, 6) is -0.456. The number of halogens is 1. The molecule has 1 unspecified atom stereocenters. The topological polar surface area (TPSA) is 72.5 Å². The molecule has 3 rings (SSSR count). The van der Waals surface area contributed by atoms with Gasteiger partial charge in [-0.2, -0.15) is 0 Å². The molecule has 1 N–H and O–H groups in total. The zero-order valence-electron chi connectivity index (χ0n) is 17.1. The Balaban J connectivity index is 1.77. The van der Waals surface area contributed by atoms with Crippen molar-refractivity contribution in [2.24, 2.45) is 5.92 Å². The van der Waals surface area contributed by atoms with Crippen LogP contribution in [0.1, 0.15) is 60.7 Å². The van der Waals surface area contributed by atoms with E-state index in [1.165, 1.54) is 25.7 Å². The molecule has 0 aliphatic heterocycles. The van der Waals surface area contributed by atoms with Crippen LogP contribution >= 0.6 is 11.3 Å². The van der Waals surface area contributed by atoms with Crippen molar-refractivity contribution in [1.29, 1.82) is 0 Å². The summed E-state index contributed by atoms with van der Waals surface area (Å²) in [5.41, 5.74) is 0. The van der Waals surface area contributed by atoms with Gasteiger partial charge in [0.2, 0.25) is 10.0 Å². The number of benzene rings is 1. The molecule has 0 radical (unpaired) electrons. The molecule has 0 amide bonds. The van der Waals surface area contributed by atoms with Crippen LogP contribution in [0, 0.1) is 11.7 Å². The number of esters is 1. The van der Waals surface area contributed by atoms with Crippen molar-refractivity contribution in [3.63, 3.8) is 0 Å². The van der Waals surface area contributed by atoms with Gasteiger partial charge in [0, 0.05) is 16.2 Å². The molecule has 2 aromatic rings. The Kier molecular flexibility index (Phi) is 8.02. The second kappa shape index (κ2) is 10.5. The fourth-order valence-electron chi connectivity index (χ4n) is 3.91. The number of hydrogen-bond donors (Lipinski definition) is 1. The largest absolute Gasteiger partial charge is 0.469 e. The third-order valence-electron chi connectivity index (χ3n) is 5.55. The van der Waals surface area contributed by atoms with Gasteiger partial charge in [-0.1, -0.05) is 19.3 Å². The van der Waals surface area contributed by atoms with E-state index in [0.29, 0.717) is 12.8 Å². The van der Waals surface area contributed by atoms with Gasteiger partial charge in [-0.25, -0.2) is 17.5 Å². The Morgan fingerprint density at radius 1 is 1.17 bits per heavy atom. The van der Waals surface area contributed by atoms with Gasteiger partial charge in [0.1, 0.15) is 5.82 Å². The predicted octanol–water partition coefficient (Wildman–Crippen LogP) is 4.98. The molecule has 5 nitrogen and oxygen atoms in total. The molecule has 1 heterocycles. The van der Waals surface area contributed by atoms with Crippen LogP contribution in [-0.4, -0.2) is 21.5 Å². The van der Waals surface area contributed by atoms with Crippen molar-refractivity contribution in [3.05, 3.63) is 52.0 Å². The molecule has 164 valence electrons. The smallest absolute Gasteiger partial charge is 0.305 e. The minimum absolute atomic E-state index is 0.0690. The summed E-state index contributed by atoms with van der Waals surface area (Å²) in [6.45, 7) is 0. The third-order valence-corrected chi connectivity index (χ3v) is 8.23. The van der Waals surface area contributed by atoms with Crippen LogP contribution < -0.4 is 4.72 Å². The third kappa shape index (κ3) is 6.12. The summed E-state index contributed by atoms with van der Waals surface area (Å²) < 4.78 is 46.8. The summed E-state index contributed by atoms with van der Waals surface area (Å²) in [5, 5.41) is 0. The van der Waals surface area contributed by atoms with Crippen molar-refractivity contribution in [3.8, 4) is 0 Å². The monoisotopic (exact) mass is 453 g/mol. The Morgan fingerprint density at radius 3 is 2.53 bits per heavy atom. The standard InChI is InChI=1S/C22H28FNO4S2/c1-28-21(25)9-5-8-18-12-15-20(29-18)22(16-6-3-2-4-7-16)24-30(26,27)19-13-10-17(23)11-14-19/h10-16,22,24H,2-9H2,1H3. The first-order valence-electron chi connectivity index (χ1n) is 10.3. The molecular weight excluding hydrogens is 425 g/mol. The summed E-state index contributed by atoms with van der Waals surface area (Å²) in [7, 11) is -2.38. The zero-order valence-corrected chi connectivity index (χ0v) is 18.7. The van der Waals surface area contributed by atoms with Crippen LogP contribution in [0.15, 0.2) is 41.3 Å². The number of methoxy groups -OCH3 is 1. The highest BCUT2D eigenvalue weighted by Gasteiger charge is 2.30. The molecular formula is C22H28FNO4S2. The van der Waals surface area contributed by atoms with E-state index >= 15 is 0 Å². The number of carbonyl (C=O) groups is 1. The average molecular weight is 454 g/mol. The molecule has 8 heteroatoms. The van der Waals surface area contributed by atoms with Gasteiger partial charge in [0.15, 0.2) is 0 Å². The van der Waals surface area contributed by atoms with Gasteiger partial charge in [0.05, 0.1) is 18.0 Å². The molecule has 1 aromatic carbocycles. The highest BCUT2D eigenvalue weighted by molar-refractivity contribution is 7.89. The van der Waals surface area contributed by atoms with Crippen LogP contribution in [0.25, 0.3) is 0 Å². The van der Waals surface area contributed by atoms with Gasteiger partial charge in [0.25, 0.3) is 0 Å². The molecule has 30 heavy (non-hydrogen) atoms. The predicted molar refractivity (Wildman–Crippen MR) is 115 cm³/mol. The molecule has 1 saturated carbocycles. The molecule has 1 fully saturated rings. The maximum Gasteiger partial charge on any atom is 0.305 e. The molecule has 1 atom stereocenters. The molecule has 1 aliphatic carbocycles. The fraction of sp³-hybridized carbons (Fsp3) is 0.500. The van der Waals surface area contributed by atoms with Crippen molar-refractivity contribution < 1.29 is 22.3 Å². The molecule has 0 spiro atoms. The summed E-state index contributed by atoms with van der Waals surface area (Å²) in [6, 6.07) is 8.61. The van der Waals surface area contributed by atoms with Gasteiger partial charge in [-0.3, -0.25) is 4.79 Å². The van der Waals surface area contributed by atoms with Crippen molar-refractivity contribution in [1.82, 2.24) is 4.72 Å². The van der Waals surface area contributed by atoms with E-state index in [1.54, 1.807) is 11.3 Å². The number of hydrogen-bond acceptors (Lipinski definition) is 5. The van der Waals surface area contributed by atoms with Gasteiger partial charge in [-0.15, -0.1) is 11.3 Å². The molecule has 0 saturated heterocycles. The first-order valence-corrected chi connectivity index (χ1v) is 12.6. The number of sulfonamides is 1. The molecule has 1 aliphatic rings. The fourth-order valence-corrected chi connectivity index (χ4v) is 6.47. The summed E-state index contributed by atoms with van der Waals surface area (Å²) in [4.78, 5) is 13.5.